The molecule has 0 fully saturated rings. The lowest BCUT2D eigenvalue weighted by atomic mass is 9.95. The van der Waals surface area contributed by atoms with Gasteiger partial charge in [-0.3, -0.25) is 4.79 Å². The number of carbonyl (C=O) groups excluding carboxylic acids is 1. The topological polar surface area (TPSA) is 50.4 Å². The summed E-state index contributed by atoms with van der Waals surface area (Å²) in [6.45, 7) is 3.75. The minimum absolute atomic E-state index is 0. The highest BCUT2D eigenvalue weighted by Gasteiger charge is 2.23. The third-order valence-electron chi connectivity index (χ3n) is 4.06. The average Bonchev–Trinajstić information content (AvgIpc) is 2.58. The smallest absolute Gasteiger partial charge is 0.237 e. The van der Waals surface area contributed by atoms with E-state index in [1.54, 1.807) is 0 Å². The van der Waals surface area contributed by atoms with Gasteiger partial charge in [-0.25, -0.2) is 0 Å². The summed E-state index contributed by atoms with van der Waals surface area (Å²) in [5.41, 5.74) is 3.69. The minimum Gasteiger partial charge on any atom is -0.492 e. The van der Waals surface area contributed by atoms with Crippen LogP contribution in [-0.2, 0) is 17.8 Å². The van der Waals surface area contributed by atoms with Crippen molar-refractivity contribution in [3.63, 3.8) is 0 Å². The van der Waals surface area contributed by atoms with E-state index in [-0.39, 0.29) is 24.4 Å². The Balaban J connectivity index is 0.00000208. The molecule has 2 aromatic carbocycles. The zero-order chi connectivity index (χ0) is 16.1. The molecule has 1 heterocycles. The molecule has 0 saturated heterocycles. The summed E-state index contributed by atoms with van der Waals surface area (Å²) < 4.78 is 5.65. The van der Waals surface area contributed by atoms with Crippen LogP contribution >= 0.6 is 12.4 Å². The van der Waals surface area contributed by atoms with Crippen molar-refractivity contribution in [2.45, 2.75) is 25.9 Å². The van der Waals surface area contributed by atoms with Crippen LogP contribution in [0.2, 0.25) is 0 Å². The molecule has 0 spiro atoms. The Morgan fingerprint density at radius 2 is 2.00 bits per heavy atom. The molecule has 0 bridgehead atoms. The first-order valence-corrected chi connectivity index (χ1v) is 8.00. The molecule has 0 aromatic heterocycles. The molecule has 2 aromatic rings. The normalized spacial score (nSPS) is 15.8. The number of aryl methyl sites for hydroxylation is 1. The van der Waals surface area contributed by atoms with Gasteiger partial charge >= 0.3 is 0 Å². The molecule has 24 heavy (non-hydrogen) atoms. The zero-order valence-electron chi connectivity index (χ0n) is 13.7. The van der Waals surface area contributed by atoms with Crippen molar-refractivity contribution in [3.8, 4) is 5.75 Å². The van der Waals surface area contributed by atoms with Gasteiger partial charge in [0.15, 0.2) is 0 Å². The van der Waals surface area contributed by atoms with E-state index in [0.29, 0.717) is 13.2 Å². The maximum Gasteiger partial charge on any atom is 0.237 e. The lowest BCUT2D eigenvalue weighted by Gasteiger charge is -2.25. The van der Waals surface area contributed by atoms with Crippen LogP contribution in [-0.4, -0.2) is 25.1 Å². The zero-order valence-corrected chi connectivity index (χ0v) is 14.6. The Hall–Kier alpha value is -2.04. The molecule has 1 unspecified atom stereocenters. The number of carbonyl (C=O) groups is 1. The second-order valence-electron chi connectivity index (χ2n) is 5.86. The summed E-state index contributed by atoms with van der Waals surface area (Å²) in [6, 6.07) is 16.0. The second kappa shape index (κ2) is 8.71. The summed E-state index contributed by atoms with van der Waals surface area (Å²) in [6.07, 6.45) is 0.737. The van der Waals surface area contributed by atoms with Gasteiger partial charge in [0.1, 0.15) is 12.4 Å². The molecule has 4 nitrogen and oxygen atoms in total. The Labute approximate surface area is 149 Å². The number of nitrogens with one attached hydrogen (secondary N) is 2. The van der Waals surface area contributed by atoms with Crippen LogP contribution in [0.1, 0.15) is 16.7 Å². The number of fused-ring (bicyclic) bond motifs is 1. The maximum atomic E-state index is 12.2. The number of hydrogen-bond donors (Lipinski definition) is 2. The molecular weight excluding hydrogens is 324 g/mol. The largest absolute Gasteiger partial charge is 0.492 e. The van der Waals surface area contributed by atoms with Crippen LogP contribution in [0.15, 0.2) is 48.5 Å². The Kier molecular flexibility index (Phi) is 6.64. The van der Waals surface area contributed by atoms with E-state index in [1.165, 1.54) is 11.1 Å². The van der Waals surface area contributed by atoms with Crippen LogP contribution in [0.4, 0.5) is 0 Å². The number of amides is 1. The van der Waals surface area contributed by atoms with E-state index in [0.717, 1.165) is 24.3 Å². The van der Waals surface area contributed by atoms with E-state index < -0.39 is 0 Å². The number of rotatable bonds is 5. The predicted octanol–water partition coefficient (Wildman–Crippen LogP) is 2.63. The fraction of sp³-hybridized carbons (Fsp3) is 0.316. The molecule has 0 saturated carbocycles. The fourth-order valence-electron chi connectivity index (χ4n) is 2.81. The molecule has 5 heteroatoms. The van der Waals surface area contributed by atoms with Crippen molar-refractivity contribution < 1.29 is 9.53 Å². The van der Waals surface area contributed by atoms with Crippen molar-refractivity contribution in [2.24, 2.45) is 0 Å². The first-order valence-electron chi connectivity index (χ1n) is 8.00. The van der Waals surface area contributed by atoms with Crippen LogP contribution in [0.3, 0.4) is 0 Å². The quantitative estimate of drug-likeness (QED) is 0.818. The van der Waals surface area contributed by atoms with E-state index in [2.05, 4.69) is 22.8 Å². The number of halogens is 1. The summed E-state index contributed by atoms with van der Waals surface area (Å²) in [4.78, 5) is 12.2. The monoisotopic (exact) mass is 346 g/mol. The highest BCUT2D eigenvalue weighted by Crippen LogP contribution is 2.16. The Morgan fingerprint density at radius 3 is 2.79 bits per heavy atom. The molecular formula is C19H23ClN2O2. The summed E-state index contributed by atoms with van der Waals surface area (Å²) in [5.74, 6) is 0.872. The van der Waals surface area contributed by atoms with Gasteiger partial charge in [-0.2, -0.15) is 0 Å². The molecule has 0 radical (unpaired) electrons. The maximum absolute atomic E-state index is 12.2. The molecule has 0 aliphatic carbocycles. The van der Waals surface area contributed by atoms with Crippen molar-refractivity contribution in [2.75, 3.05) is 13.2 Å². The summed E-state index contributed by atoms with van der Waals surface area (Å²) >= 11 is 0. The minimum atomic E-state index is -0.163. The summed E-state index contributed by atoms with van der Waals surface area (Å²) in [5, 5.41) is 6.23. The van der Waals surface area contributed by atoms with Gasteiger partial charge in [0.25, 0.3) is 0 Å². The Bertz CT molecular complexity index is 691. The lowest BCUT2D eigenvalue weighted by Crippen LogP contribution is -2.48. The molecule has 2 N–H and O–H groups in total. The van der Waals surface area contributed by atoms with Crippen molar-refractivity contribution >= 4 is 18.3 Å². The van der Waals surface area contributed by atoms with Gasteiger partial charge in [0.05, 0.1) is 12.6 Å². The predicted molar refractivity (Wildman–Crippen MR) is 97.7 cm³/mol. The first kappa shape index (κ1) is 18.3. The van der Waals surface area contributed by atoms with E-state index in [1.807, 2.05) is 43.3 Å². The van der Waals surface area contributed by atoms with Gasteiger partial charge in [0.2, 0.25) is 5.91 Å². The van der Waals surface area contributed by atoms with Gasteiger partial charge in [-0.1, -0.05) is 36.4 Å². The van der Waals surface area contributed by atoms with E-state index in [4.69, 9.17) is 4.74 Å². The van der Waals surface area contributed by atoms with E-state index in [9.17, 15) is 4.79 Å². The average molecular weight is 347 g/mol. The van der Waals surface area contributed by atoms with Crippen LogP contribution < -0.4 is 15.4 Å². The molecule has 1 aliphatic rings. The standard InChI is InChI=1S/C19H22N2O2.ClH/c1-14-5-4-8-17(11-14)23-10-9-20-19(22)18-12-15-6-2-3-7-16(15)13-21-18;/h2-8,11,18,21H,9-10,12-13H2,1H3,(H,20,22);1H. The van der Waals surface area contributed by atoms with Gasteiger partial charge in [-0.05, 0) is 42.2 Å². The van der Waals surface area contributed by atoms with Crippen LogP contribution in [0.25, 0.3) is 0 Å². The molecule has 1 amide bonds. The highest BCUT2D eigenvalue weighted by atomic mass is 35.5. The van der Waals surface area contributed by atoms with Crippen molar-refractivity contribution in [3.05, 3.63) is 65.2 Å². The van der Waals surface area contributed by atoms with Crippen LogP contribution in [0, 0.1) is 6.92 Å². The van der Waals surface area contributed by atoms with Gasteiger partial charge in [0, 0.05) is 6.54 Å². The number of ether oxygens (including phenoxy) is 1. The van der Waals surface area contributed by atoms with Crippen molar-refractivity contribution in [1.82, 2.24) is 10.6 Å². The first-order chi connectivity index (χ1) is 11.2. The summed E-state index contributed by atoms with van der Waals surface area (Å²) in [7, 11) is 0. The third-order valence-corrected chi connectivity index (χ3v) is 4.06. The fourth-order valence-corrected chi connectivity index (χ4v) is 2.81. The lowest BCUT2D eigenvalue weighted by molar-refractivity contribution is -0.123. The molecule has 1 aliphatic heterocycles. The SMILES string of the molecule is Cc1cccc(OCCNC(=O)C2Cc3ccccc3CN2)c1.Cl. The van der Waals surface area contributed by atoms with E-state index >= 15 is 0 Å². The second-order valence-corrected chi connectivity index (χ2v) is 5.86. The molecule has 1 atom stereocenters. The van der Waals surface area contributed by atoms with Crippen molar-refractivity contribution in [1.29, 1.82) is 0 Å². The molecule has 3 rings (SSSR count). The Morgan fingerprint density at radius 1 is 1.21 bits per heavy atom. The van der Waals surface area contributed by atoms with Gasteiger partial charge in [-0.15, -0.1) is 12.4 Å². The van der Waals surface area contributed by atoms with Gasteiger partial charge < -0.3 is 15.4 Å². The highest BCUT2D eigenvalue weighted by molar-refractivity contribution is 5.85. The molecule has 128 valence electrons. The van der Waals surface area contributed by atoms with Crippen LogP contribution in [0.5, 0.6) is 5.75 Å². The number of benzene rings is 2. The third kappa shape index (κ3) is 4.73. The number of hydrogen-bond acceptors (Lipinski definition) is 3.